The molecule has 2 aromatic carbocycles. The van der Waals surface area contributed by atoms with Crippen molar-refractivity contribution in [2.45, 2.75) is 25.2 Å². The summed E-state index contributed by atoms with van der Waals surface area (Å²) < 4.78 is 27.6. The number of para-hydroxylation sites is 1. The molecule has 6 heteroatoms. The van der Waals surface area contributed by atoms with Gasteiger partial charge in [0, 0.05) is 0 Å². The molecule has 0 unspecified atom stereocenters. The fraction of sp³-hybridized carbons (Fsp3) is 0.200. The van der Waals surface area contributed by atoms with Crippen LogP contribution >= 0.6 is 11.6 Å². The summed E-state index contributed by atoms with van der Waals surface area (Å²) in [4.78, 5) is 0.0898. The number of anilines is 2. The molecule has 21 heavy (non-hydrogen) atoms. The van der Waals surface area contributed by atoms with Crippen molar-refractivity contribution in [3.63, 3.8) is 0 Å². The largest absolute Gasteiger partial charge is 0.398 e. The summed E-state index contributed by atoms with van der Waals surface area (Å²) in [5.74, 6) is 0. The van der Waals surface area contributed by atoms with Gasteiger partial charge in [0.2, 0.25) is 0 Å². The first-order chi connectivity index (χ1) is 9.85. The average Bonchev–Trinajstić information content (AvgIpc) is 2.43. The second kappa shape index (κ2) is 5.95. The Balaban J connectivity index is 2.44. The van der Waals surface area contributed by atoms with Crippen molar-refractivity contribution in [2.24, 2.45) is 0 Å². The Morgan fingerprint density at radius 2 is 1.95 bits per heavy atom. The smallest absolute Gasteiger partial charge is 0.261 e. The molecule has 0 aliphatic rings. The standard InChI is InChI=1S/C15H17ClN2O2S/c1-3-11-6-4-5-10(2)15(11)18-21(19,20)12-7-8-14(17)13(16)9-12/h4-9,18H,3,17H2,1-2H3. The van der Waals surface area contributed by atoms with Crippen LogP contribution in [-0.4, -0.2) is 8.42 Å². The van der Waals surface area contributed by atoms with Crippen LogP contribution in [0.2, 0.25) is 5.02 Å². The third kappa shape index (κ3) is 3.31. The van der Waals surface area contributed by atoms with Crippen LogP contribution in [0.3, 0.4) is 0 Å². The van der Waals surface area contributed by atoms with Gasteiger partial charge in [-0.15, -0.1) is 0 Å². The van der Waals surface area contributed by atoms with Crippen molar-refractivity contribution < 1.29 is 8.42 Å². The molecule has 0 saturated heterocycles. The van der Waals surface area contributed by atoms with Gasteiger partial charge in [-0.25, -0.2) is 8.42 Å². The zero-order valence-electron chi connectivity index (χ0n) is 11.9. The summed E-state index contributed by atoms with van der Waals surface area (Å²) >= 11 is 5.90. The van der Waals surface area contributed by atoms with E-state index < -0.39 is 10.0 Å². The zero-order valence-corrected chi connectivity index (χ0v) is 13.4. The highest BCUT2D eigenvalue weighted by Gasteiger charge is 2.18. The molecule has 0 amide bonds. The van der Waals surface area contributed by atoms with E-state index in [1.165, 1.54) is 18.2 Å². The third-order valence-corrected chi connectivity index (χ3v) is 4.93. The van der Waals surface area contributed by atoms with Crippen LogP contribution in [0.1, 0.15) is 18.1 Å². The van der Waals surface area contributed by atoms with Crippen molar-refractivity contribution in [1.29, 1.82) is 0 Å². The second-order valence-corrected chi connectivity index (χ2v) is 6.84. The number of nitrogens with one attached hydrogen (secondary N) is 1. The first-order valence-electron chi connectivity index (χ1n) is 6.51. The SMILES string of the molecule is CCc1cccc(C)c1NS(=O)(=O)c1ccc(N)c(Cl)c1. The molecule has 0 aromatic heterocycles. The lowest BCUT2D eigenvalue weighted by Gasteiger charge is -2.14. The molecule has 0 spiro atoms. The van der Waals surface area contributed by atoms with E-state index in [4.69, 9.17) is 17.3 Å². The molecule has 4 nitrogen and oxygen atoms in total. The molecule has 0 fully saturated rings. The van der Waals surface area contributed by atoms with Crippen LogP contribution in [0.25, 0.3) is 0 Å². The lowest BCUT2D eigenvalue weighted by atomic mass is 10.1. The fourth-order valence-electron chi connectivity index (χ4n) is 2.04. The predicted molar refractivity (Wildman–Crippen MR) is 87.2 cm³/mol. The number of sulfonamides is 1. The van der Waals surface area contributed by atoms with Gasteiger partial charge in [0.25, 0.3) is 10.0 Å². The molecule has 0 aliphatic carbocycles. The zero-order chi connectivity index (χ0) is 15.6. The Bertz CT molecular complexity index is 773. The van der Waals surface area contributed by atoms with Crippen LogP contribution in [0.4, 0.5) is 11.4 Å². The maximum atomic E-state index is 12.5. The maximum Gasteiger partial charge on any atom is 0.261 e. The Kier molecular flexibility index (Phi) is 4.44. The Labute approximate surface area is 130 Å². The van der Waals surface area contributed by atoms with E-state index >= 15 is 0 Å². The summed E-state index contributed by atoms with van der Waals surface area (Å²) in [7, 11) is -3.70. The summed E-state index contributed by atoms with van der Waals surface area (Å²) in [5.41, 5.74) is 8.39. The van der Waals surface area contributed by atoms with Crippen molar-refractivity contribution >= 4 is 33.0 Å². The highest BCUT2D eigenvalue weighted by Crippen LogP contribution is 2.27. The van der Waals surface area contributed by atoms with E-state index in [1.54, 1.807) is 0 Å². The molecule has 0 radical (unpaired) electrons. The van der Waals surface area contributed by atoms with Gasteiger partial charge in [-0.1, -0.05) is 36.7 Å². The van der Waals surface area contributed by atoms with Gasteiger partial charge in [0.15, 0.2) is 0 Å². The lowest BCUT2D eigenvalue weighted by molar-refractivity contribution is 0.601. The number of nitrogens with two attached hydrogens (primary N) is 1. The van der Waals surface area contributed by atoms with Gasteiger partial charge in [-0.2, -0.15) is 0 Å². The van der Waals surface area contributed by atoms with Gasteiger partial charge in [-0.05, 0) is 42.7 Å². The molecule has 0 atom stereocenters. The average molecular weight is 325 g/mol. The van der Waals surface area contributed by atoms with Crippen molar-refractivity contribution in [3.8, 4) is 0 Å². The maximum absolute atomic E-state index is 12.5. The third-order valence-electron chi connectivity index (χ3n) is 3.26. The van der Waals surface area contributed by atoms with Gasteiger partial charge < -0.3 is 5.73 Å². The molecule has 112 valence electrons. The molecule has 3 N–H and O–H groups in total. The Morgan fingerprint density at radius 1 is 1.24 bits per heavy atom. The summed E-state index contributed by atoms with van der Waals surface area (Å²) in [6, 6.07) is 9.95. The van der Waals surface area contributed by atoms with Gasteiger partial charge in [-0.3, -0.25) is 4.72 Å². The topological polar surface area (TPSA) is 72.2 Å². The molecule has 0 saturated carbocycles. The number of aryl methyl sites for hydroxylation is 2. The van der Waals surface area contributed by atoms with E-state index in [1.807, 2.05) is 32.0 Å². The number of rotatable bonds is 4. The number of benzene rings is 2. The number of hydrogen-bond donors (Lipinski definition) is 2. The number of halogens is 1. The second-order valence-electron chi connectivity index (χ2n) is 4.75. The molecule has 0 bridgehead atoms. The lowest BCUT2D eigenvalue weighted by Crippen LogP contribution is -2.15. The van der Waals surface area contributed by atoms with Gasteiger partial charge in [0.1, 0.15) is 0 Å². The van der Waals surface area contributed by atoms with E-state index in [2.05, 4.69) is 4.72 Å². The minimum Gasteiger partial charge on any atom is -0.398 e. The monoisotopic (exact) mass is 324 g/mol. The predicted octanol–water partition coefficient (Wildman–Crippen LogP) is 3.59. The molecular weight excluding hydrogens is 308 g/mol. The van der Waals surface area contributed by atoms with E-state index in [9.17, 15) is 8.42 Å². The summed E-state index contributed by atoms with van der Waals surface area (Å²) in [6.07, 6.45) is 0.738. The first kappa shape index (κ1) is 15.7. The van der Waals surface area contributed by atoms with E-state index in [0.717, 1.165) is 17.5 Å². The minimum absolute atomic E-state index is 0.0898. The van der Waals surface area contributed by atoms with Crippen LogP contribution in [0.5, 0.6) is 0 Å². The van der Waals surface area contributed by atoms with E-state index in [0.29, 0.717) is 11.4 Å². The molecular formula is C15H17ClN2O2S. The molecule has 0 aliphatic heterocycles. The minimum atomic E-state index is -3.70. The number of nitrogen functional groups attached to an aromatic ring is 1. The fourth-order valence-corrected chi connectivity index (χ4v) is 3.48. The van der Waals surface area contributed by atoms with Crippen LogP contribution < -0.4 is 10.5 Å². The van der Waals surface area contributed by atoms with Crippen LogP contribution in [0, 0.1) is 6.92 Å². The van der Waals surface area contributed by atoms with Crippen LogP contribution in [0.15, 0.2) is 41.3 Å². The van der Waals surface area contributed by atoms with E-state index in [-0.39, 0.29) is 9.92 Å². The number of hydrogen-bond acceptors (Lipinski definition) is 3. The first-order valence-corrected chi connectivity index (χ1v) is 8.37. The van der Waals surface area contributed by atoms with Gasteiger partial charge >= 0.3 is 0 Å². The molecule has 2 rings (SSSR count). The normalized spacial score (nSPS) is 11.4. The summed E-state index contributed by atoms with van der Waals surface area (Å²) in [6.45, 7) is 3.85. The molecule has 2 aromatic rings. The van der Waals surface area contributed by atoms with Crippen molar-refractivity contribution in [1.82, 2.24) is 0 Å². The summed E-state index contributed by atoms with van der Waals surface area (Å²) in [5, 5.41) is 0.221. The highest BCUT2D eigenvalue weighted by molar-refractivity contribution is 7.92. The highest BCUT2D eigenvalue weighted by atomic mass is 35.5. The van der Waals surface area contributed by atoms with Crippen molar-refractivity contribution in [2.75, 3.05) is 10.5 Å². The van der Waals surface area contributed by atoms with Crippen LogP contribution in [-0.2, 0) is 16.4 Å². The van der Waals surface area contributed by atoms with Crippen molar-refractivity contribution in [3.05, 3.63) is 52.5 Å². The molecule has 0 heterocycles. The Morgan fingerprint density at radius 3 is 2.57 bits per heavy atom. The quantitative estimate of drug-likeness (QED) is 0.844. The van der Waals surface area contributed by atoms with Gasteiger partial charge in [0.05, 0.1) is 21.3 Å². The Hall–Kier alpha value is -1.72.